The third-order valence-corrected chi connectivity index (χ3v) is 5.11. The van der Waals surface area contributed by atoms with Gasteiger partial charge in [-0.15, -0.1) is 0 Å². The van der Waals surface area contributed by atoms with Crippen LogP contribution in [0.1, 0.15) is 39.5 Å². The van der Waals surface area contributed by atoms with Gasteiger partial charge in [-0.1, -0.05) is 0 Å². The highest BCUT2D eigenvalue weighted by Gasteiger charge is 2.35. The first-order valence-corrected chi connectivity index (χ1v) is 8.41. The molecule has 0 radical (unpaired) electrons. The number of carbonyl (C=O) groups is 1. The lowest BCUT2D eigenvalue weighted by Crippen LogP contribution is -2.50. The summed E-state index contributed by atoms with van der Waals surface area (Å²) in [5.41, 5.74) is -0.568. The van der Waals surface area contributed by atoms with Crippen molar-refractivity contribution < 1.29 is 9.53 Å². The van der Waals surface area contributed by atoms with Crippen LogP contribution in [0, 0.1) is 0 Å². The quantitative estimate of drug-likeness (QED) is 0.713. The fraction of sp³-hybridized carbons (Fsp3) is 0.938. The van der Waals surface area contributed by atoms with E-state index in [2.05, 4.69) is 15.1 Å². The fourth-order valence-corrected chi connectivity index (χ4v) is 3.42. The molecule has 2 aliphatic rings. The minimum atomic E-state index is -0.568. The maximum absolute atomic E-state index is 12.1. The van der Waals surface area contributed by atoms with Crippen LogP contribution in [0.4, 0.5) is 0 Å². The Balaban J connectivity index is 1.78. The molecule has 2 rings (SSSR count). The van der Waals surface area contributed by atoms with Crippen LogP contribution in [0.15, 0.2) is 0 Å². The average molecular weight is 297 g/mol. The molecule has 2 atom stereocenters. The molecule has 0 aromatic rings. The molecule has 0 aromatic carbocycles. The molecule has 0 bridgehead atoms. The smallest absolute Gasteiger partial charge is 0.326 e. The number of esters is 1. The molecule has 2 heterocycles. The molecule has 5 heteroatoms. The third-order valence-electron chi connectivity index (χ3n) is 5.11. The summed E-state index contributed by atoms with van der Waals surface area (Å²) in [7, 11) is 1.84. The summed E-state index contributed by atoms with van der Waals surface area (Å²) in [4.78, 5) is 17.2. The average Bonchev–Trinajstić information content (AvgIpc) is 3.15. The van der Waals surface area contributed by atoms with Crippen molar-refractivity contribution in [2.24, 2.45) is 0 Å². The van der Waals surface area contributed by atoms with Gasteiger partial charge in [-0.2, -0.15) is 0 Å². The highest BCUT2D eigenvalue weighted by molar-refractivity contribution is 5.80. The number of hydrogen-bond acceptors (Lipinski definition) is 5. The summed E-state index contributed by atoms with van der Waals surface area (Å²) in [5, 5.41) is 3.14. The fourth-order valence-electron chi connectivity index (χ4n) is 3.42. The molecule has 21 heavy (non-hydrogen) atoms. The van der Waals surface area contributed by atoms with Gasteiger partial charge >= 0.3 is 5.97 Å². The monoisotopic (exact) mass is 297 g/mol. The molecular formula is C16H31N3O2. The molecule has 2 fully saturated rings. The summed E-state index contributed by atoms with van der Waals surface area (Å²) in [6, 6.07) is 0.732. The van der Waals surface area contributed by atoms with Gasteiger partial charge in [0.05, 0.1) is 6.61 Å². The van der Waals surface area contributed by atoms with Crippen LogP contribution in [-0.4, -0.2) is 73.7 Å². The van der Waals surface area contributed by atoms with E-state index in [-0.39, 0.29) is 5.97 Å². The van der Waals surface area contributed by atoms with Gasteiger partial charge in [-0.3, -0.25) is 9.69 Å². The molecule has 0 spiro atoms. The second kappa shape index (κ2) is 7.56. The Morgan fingerprint density at radius 2 is 2.05 bits per heavy atom. The van der Waals surface area contributed by atoms with Gasteiger partial charge in [0.25, 0.3) is 0 Å². The molecule has 2 unspecified atom stereocenters. The zero-order valence-corrected chi connectivity index (χ0v) is 13.9. The SMILES string of the molecule is CCOC(=O)C(C)(CCN1CCC(N2CCCC2)C1)NC. The van der Waals surface area contributed by atoms with Gasteiger partial charge < -0.3 is 15.0 Å². The van der Waals surface area contributed by atoms with Crippen molar-refractivity contribution in [3.05, 3.63) is 0 Å². The number of carbonyl (C=O) groups excluding carboxylic acids is 1. The molecule has 0 aliphatic carbocycles. The Morgan fingerprint density at radius 1 is 1.33 bits per heavy atom. The number of ether oxygens (including phenoxy) is 1. The Bertz CT molecular complexity index is 344. The lowest BCUT2D eigenvalue weighted by Gasteiger charge is -2.29. The van der Waals surface area contributed by atoms with Crippen molar-refractivity contribution in [3.8, 4) is 0 Å². The Labute approximate surface area is 129 Å². The second-order valence-electron chi connectivity index (χ2n) is 6.54. The number of likely N-dealkylation sites (tertiary alicyclic amines) is 2. The van der Waals surface area contributed by atoms with Crippen LogP contribution in [0.3, 0.4) is 0 Å². The van der Waals surface area contributed by atoms with E-state index in [1.807, 2.05) is 20.9 Å². The summed E-state index contributed by atoms with van der Waals surface area (Å²) >= 11 is 0. The third kappa shape index (κ3) is 4.18. The maximum Gasteiger partial charge on any atom is 0.326 e. The van der Waals surface area contributed by atoms with E-state index in [1.165, 1.54) is 32.4 Å². The number of likely N-dealkylation sites (N-methyl/N-ethyl adjacent to an activating group) is 1. The zero-order chi connectivity index (χ0) is 15.3. The highest BCUT2D eigenvalue weighted by Crippen LogP contribution is 2.22. The van der Waals surface area contributed by atoms with Crippen molar-refractivity contribution in [1.29, 1.82) is 0 Å². The summed E-state index contributed by atoms with van der Waals surface area (Å²) < 4.78 is 5.19. The van der Waals surface area contributed by atoms with Crippen molar-refractivity contribution in [1.82, 2.24) is 15.1 Å². The molecule has 5 nitrogen and oxygen atoms in total. The molecule has 2 aliphatic heterocycles. The summed E-state index contributed by atoms with van der Waals surface area (Å²) in [6.45, 7) is 10.1. The van der Waals surface area contributed by atoms with Gasteiger partial charge in [-0.25, -0.2) is 0 Å². The van der Waals surface area contributed by atoms with E-state index >= 15 is 0 Å². The lowest BCUT2D eigenvalue weighted by molar-refractivity contribution is -0.150. The number of nitrogens with zero attached hydrogens (tertiary/aromatic N) is 2. The maximum atomic E-state index is 12.1. The lowest BCUT2D eigenvalue weighted by atomic mass is 9.98. The first kappa shape index (κ1) is 16.7. The predicted molar refractivity (Wildman–Crippen MR) is 84.4 cm³/mol. The first-order valence-electron chi connectivity index (χ1n) is 8.41. The standard InChI is InChI=1S/C16H31N3O2/c1-4-21-15(20)16(2,17-3)8-12-18-11-7-14(13-18)19-9-5-6-10-19/h14,17H,4-13H2,1-3H3. The van der Waals surface area contributed by atoms with E-state index in [0.717, 1.165) is 32.1 Å². The molecule has 1 N–H and O–H groups in total. The predicted octanol–water partition coefficient (Wildman–Crippen LogP) is 1.09. The largest absolute Gasteiger partial charge is 0.465 e. The van der Waals surface area contributed by atoms with Gasteiger partial charge in [0, 0.05) is 19.1 Å². The first-order chi connectivity index (χ1) is 10.1. The number of hydrogen-bond donors (Lipinski definition) is 1. The Morgan fingerprint density at radius 3 is 2.67 bits per heavy atom. The van der Waals surface area contributed by atoms with Crippen LogP contribution >= 0.6 is 0 Å². The van der Waals surface area contributed by atoms with E-state index in [1.54, 1.807) is 0 Å². The number of rotatable bonds is 7. The van der Waals surface area contributed by atoms with Crippen LogP contribution in [-0.2, 0) is 9.53 Å². The molecular weight excluding hydrogens is 266 g/mol. The zero-order valence-electron chi connectivity index (χ0n) is 13.9. The van der Waals surface area contributed by atoms with E-state index in [4.69, 9.17) is 4.74 Å². The van der Waals surface area contributed by atoms with Gasteiger partial charge in [0.15, 0.2) is 0 Å². The van der Waals surface area contributed by atoms with Crippen molar-refractivity contribution >= 4 is 5.97 Å². The topological polar surface area (TPSA) is 44.8 Å². The molecule has 0 amide bonds. The Kier molecular flexibility index (Phi) is 6.02. The molecule has 0 aromatic heterocycles. The summed E-state index contributed by atoms with van der Waals surface area (Å²) in [5.74, 6) is -0.136. The highest BCUT2D eigenvalue weighted by atomic mass is 16.5. The number of nitrogens with one attached hydrogen (secondary N) is 1. The van der Waals surface area contributed by atoms with Gasteiger partial charge in [-0.05, 0) is 66.2 Å². The van der Waals surface area contributed by atoms with Gasteiger partial charge in [0.2, 0.25) is 0 Å². The minimum absolute atomic E-state index is 0.136. The molecule has 0 saturated carbocycles. The van der Waals surface area contributed by atoms with Crippen LogP contribution in [0.2, 0.25) is 0 Å². The molecule has 122 valence electrons. The van der Waals surface area contributed by atoms with E-state index in [9.17, 15) is 4.79 Å². The van der Waals surface area contributed by atoms with E-state index < -0.39 is 5.54 Å². The summed E-state index contributed by atoms with van der Waals surface area (Å²) in [6.07, 6.45) is 4.79. The minimum Gasteiger partial charge on any atom is -0.465 e. The van der Waals surface area contributed by atoms with Crippen molar-refractivity contribution in [3.63, 3.8) is 0 Å². The van der Waals surface area contributed by atoms with Crippen LogP contribution in [0.5, 0.6) is 0 Å². The van der Waals surface area contributed by atoms with Crippen LogP contribution in [0.25, 0.3) is 0 Å². The van der Waals surface area contributed by atoms with E-state index in [0.29, 0.717) is 6.61 Å². The van der Waals surface area contributed by atoms with Crippen molar-refractivity contribution in [2.45, 2.75) is 51.1 Å². The normalized spacial score (nSPS) is 26.9. The Hall–Kier alpha value is -0.650. The second-order valence-corrected chi connectivity index (χ2v) is 6.54. The van der Waals surface area contributed by atoms with Crippen LogP contribution < -0.4 is 5.32 Å². The molecule has 2 saturated heterocycles. The van der Waals surface area contributed by atoms with Gasteiger partial charge in [0.1, 0.15) is 5.54 Å². The van der Waals surface area contributed by atoms with Crippen molar-refractivity contribution in [2.75, 3.05) is 46.4 Å².